The van der Waals surface area contributed by atoms with Crippen molar-refractivity contribution in [1.82, 2.24) is 0 Å². The van der Waals surface area contributed by atoms with E-state index in [-0.39, 0.29) is 22.8 Å². The van der Waals surface area contributed by atoms with E-state index in [0.717, 1.165) is 17.8 Å². The SMILES string of the molecule is Cc1c(O)cc(O)cc1NC(=O)CC12CC3CC(CC(C3)C1)C2. The fourth-order valence-electron chi connectivity index (χ4n) is 5.86. The normalized spacial score (nSPS) is 34.6. The Kier molecular flexibility index (Phi) is 3.33. The summed E-state index contributed by atoms with van der Waals surface area (Å²) in [5, 5.41) is 22.3. The lowest BCUT2D eigenvalue weighted by molar-refractivity contribution is -0.124. The lowest BCUT2D eigenvalue weighted by atomic mass is 9.49. The number of nitrogens with one attached hydrogen (secondary N) is 1. The van der Waals surface area contributed by atoms with Gasteiger partial charge in [-0.3, -0.25) is 4.79 Å². The predicted molar refractivity (Wildman–Crippen MR) is 88.4 cm³/mol. The first kappa shape index (κ1) is 14.9. The molecular weight excluding hydrogens is 290 g/mol. The van der Waals surface area contributed by atoms with E-state index in [1.54, 1.807) is 6.92 Å². The van der Waals surface area contributed by atoms with Gasteiger partial charge in [-0.2, -0.15) is 0 Å². The standard InChI is InChI=1S/C19H25NO3/c1-11-16(5-15(21)6-17(11)22)20-18(23)10-19-7-12-2-13(8-19)4-14(3-12)9-19/h5-6,12-14,21-22H,2-4,7-10H2,1H3,(H,20,23). The largest absolute Gasteiger partial charge is 0.508 e. The summed E-state index contributed by atoms with van der Waals surface area (Å²) in [6.45, 7) is 1.75. The molecular formula is C19H25NO3. The minimum absolute atomic E-state index is 0.00936. The third-order valence-corrected chi connectivity index (χ3v) is 6.34. The summed E-state index contributed by atoms with van der Waals surface area (Å²) in [7, 11) is 0. The molecule has 4 nitrogen and oxygen atoms in total. The third-order valence-electron chi connectivity index (χ3n) is 6.34. The number of carbonyl (C=O) groups is 1. The summed E-state index contributed by atoms with van der Waals surface area (Å²) in [4.78, 5) is 12.6. The molecule has 1 aromatic rings. The second kappa shape index (κ2) is 5.15. The molecule has 4 heteroatoms. The van der Waals surface area contributed by atoms with Crippen molar-refractivity contribution < 1.29 is 15.0 Å². The van der Waals surface area contributed by atoms with Crippen LogP contribution in [0.2, 0.25) is 0 Å². The second-order valence-electron chi connectivity index (χ2n) is 8.28. The first-order chi connectivity index (χ1) is 10.9. The Morgan fingerprint density at radius 1 is 1.13 bits per heavy atom. The molecule has 5 rings (SSSR count). The van der Waals surface area contributed by atoms with E-state index in [1.807, 2.05) is 0 Å². The zero-order valence-corrected chi connectivity index (χ0v) is 13.6. The van der Waals surface area contributed by atoms with Crippen LogP contribution >= 0.6 is 0 Å². The van der Waals surface area contributed by atoms with Crippen molar-refractivity contribution >= 4 is 11.6 Å². The van der Waals surface area contributed by atoms with Gasteiger partial charge in [-0.25, -0.2) is 0 Å². The molecule has 0 saturated heterocycles. The lowest BCUT2D eigenvalue weighted by Crippen LogP contribution is -2.47. The first-order valence-electron chi connectivity index (χ1n) is 8.75. The van der Waals surface area contributed by atoms with E-state index in [2.05, 4.69) is 5.32 Å². The number of rotatable bonds is 3. The van der Waals surface area contributed by atoms with Crippen LogP contribution in [0.5, 0.6) is 11.5 Å². The number of hydrogen-bond donors (Lipinski definition) is 3. The van der Waals surface area contributed by atoms with Gasteiger partial charge >= 0.3 is 0 Å². The molecule has 3 N–H and O–H groups in total. The summed E-state index contributed by atoms with van der Waals surface area (Å²) >= 11 is 0. The zero-order chi connectivity index (χ0) is 16.2. The Hall–Kier alpha value is -1.71. The van der Waals surface area contributed by atoms with Gasteiger partial charge in [-0.15, -0.1) is 0 Å². The number of phenols is 2. The fourth-order valence-corrected chi connectivity index (χ4v) is 5.86. The Morgan fingerprint density at radius 2 is 1.70 bits per heavy atom. The van der Waals surface area contributed by atoms with Crippen molar-refractivity contribution in [2.45, 2.75) is 51.9 Å². The molecule has 1 aromatic carbocycles. The Bertz CT molecular complexity index is 617. The van der Waals surface area contributed by atoms with Crippen molar-refractivity contribution in [3.8, 4) is 11.5 Å². The van der Waals surface area contributed by atoms with Gasteiger partial charge in [0.15, 0.2) is 0 Å². The number of hydrogen-bond acceptors (Lipinski definition) is 3. The van der Waals surface area contributed by atoms with E-state index in [1.165, 1.54) is 50.7 Å². The number of carbonyl (C=O) groups excluding carboxylic acids is 1. The number of aromatic hydroxyl groups is 2. The average Bonchev–Trinajstić information content (AvgIpc) is 2.41. The molecule has 124 valence electrons. The maximum atomic E-state index is 12.6. The number of benzene rings is 1. The third kappa shape index (κ3) is 2.68. The van der Waals surface area contributed by atoms with Crippen molar-refractivity contribution in [2.24, 2.45) is 23.2 Å². The highest BCUT2D eigenvalue weighted by Gasteiger charge is 2.51. The quantitative estimate of drug-likeness (QED) is 0.791. The van der Waals surface area contributed by atoms with Gasteiger partial charge in [0.25, 0.3) is 0 Å². The molecule has 0 unspecified atom stereocenters. The summed E-state index contributed by atoms with van der Waals surface area (Å²) < 4.78 is 0. The minimum atomic E-state index is -0.0294. The first-order valence-corrected chi connectivity index (χ1v) is 8.75. The highest BCUT2D eigenvalue weighted by atomic mass is 16.3. The van der Waals surface area contributed by atoms with Crippen LogP contribution in [0, 0.1) is 30.1 Å². The molecule has 0 radical (unpaired) electrons. The van der Waals surface area contributed by atoms with E-state index in [9.17, 15) is 15.0 Å². The van der Waals surface area contributed by atoms with E-state index in [0.29, 0.717) is 17.7 Å². The fraction of sp³-hybridized carbons (Fsp3) is 0.632. The highest BCUT2D eigenvalue weighted by molar-refractivity contribution is 5.92. The molecule has 4 aliphatic carbocycles. The van der Waals surface area contributed by atoms with Gasteiger partial charge in [-0.05, 0) is 68.6 Å². The Morgan fingerprint density at radius 3 is 2.26 bits per heavy atom. The second-order valence-corrected chi connectivity index (χ2v) is 8.28. The van der Waals surface area contributed by atoms with Crippen LogP contribution in [-0.2, 0) is 4.79 Å². The van der Waals surface area contributed by atoms with E-state index >= 15 is 0 Å². The maximum absolute atomic E-state index is 12.6. The summed E-state index contributed by atoms with van der Waals surface area (Å²) in [5.74, 6) is 2.50. The van der Waals surface area contributed by atoms with Crippen molar-refractivity contribution in [2.75, 3.05) is 5.32 Å². The molecule has 4 fully saturated rings. The van der Waals surface area contributed by atoms with Crippen LogP contribution in [-0.4, -0.2) is 16.1 Å². The summed E-state index contributed by atoms with van der Waals surface area (Å²) in [5.41, 5.74) is 1.31. The molecule has 0 aliphatic heterocycles. The van der Waals surface area contributed by atoms with Crippen molar-refractivity contribution in [3.63, 3.8) is 0 Å². The smallest absolute Gasteiger partial charge is 0.224 e. The van der Waals surface area contributed by atoms with Crippen LogP contribution in [0.25, 0.3) is 0 Å². The zero-order valence-electron chi connectivity index (χ0n) is 13.6. The molecule has 23 heavy (non-hydrogen) atoms. The van der Waals surface area contributed by atoms with Crippen LogP contribution < -0.4 is 5.32 Å². The van der Waals surface area contributed by atoms with Gasteiger partial charge < -0.3 is 15.5 Å². The molecule has 0 spiro atoms. The average molecular weight is 315 g/mol. The van der Waals surface area contributed by atoms with Crippen LogP contribution in [0.15, 0.2) is 12.1 Å². The van der Waals surface area contributed by atoms with Gasteiger partial charge in [0.1, 0.15) is 11.5 Å². The molecule has 0 atom stereocenters. The predicted octanol–water partition coefficient (Wildman–Crippen LogP) is 3.95. The Balaban J connectivity index is 1.49. The number of anilines is 1. The minimum Gasteiger partial charge on any atom is -0.508 e. The molecule has 4 bridgehead atoms. The van der Waals surface area contributed by atoms with Crippen LogP contribution in [0.4, 0.5) is 5.69 Å². The van der Waals surface area contributed by atoms with Crippen LogP contribution in [0.1, 0.15) is 50.5 Å². The van der Waals surface area contributed by atoms with Gasteiger partial charge in [0.05, 0.1) is 5.69 Å². The van der Waals surface area contributed by atoms with E-state index < -0.39 is 0 Å². The van der Waals surface area contributed by atoms with Crippen LogP contribution in [0.3, 0.4) is 0 Å². The Labute approximate surface area is 136 Å². The molecule has 0 heterocycles. The van der Waals surface area contributed by atoms with Crippen molar-refractivity contribution in [3.05, 3.63) is 17.7 Å². The summed E-state index contributed by atoms with van der Waals surface area (Å²) in [6.07, 6.45) is 8.32. The highest BCUT2D eigenvalue weighted by Crippen LogP contribution is 2.61. The maximum Gasteiger partial charge on any atom is 0.224 e. The topological polar surface area (TPSA) is 69.6 Å². The lowest BCUT2D eigenvalue weighted by Gasteiger charge is -2.56. The monoisotopic (exact) mass is 315 g/mol. The number of phenolic OH excluding ortho intramolecular Hbond substituents is 2. The van der Waals surface area contributed by atoms with Gasteiger partial charge in [0.2, 0.25) is 5.91 Å². The number of amides is 1. The van der Waals surface area contributed by atoms with Gasteiger partial charge in [-0.1, -0.05) is 0 Å². The van der Waals surface area contributed by atoms with Gasteiger partial charge in [0, 0.05) is 24.1 Å². The molecule has 4 saturated carbocycles. The molecule has 4 aliphatic rings. The summed E-state index contributed by atoms with van der Waals surface area (Å²) in [6, 6.07) is 2.80. The molecule has 0 aromatic heterocycles. The molecule has 1 amide bonds. The van der Waals surface area contributed by atoms with E-state index in [4.69, 9.17) is 0 Å². The van der Waals surface area contributed by atoms with Crippen molar-refractivity contribution in [1.29, 1.82) is 0 Å².